The number of aromatic nitrogens is 1. The summed E-state index contributed by atoms with van der Waals surface area (Å²) in [5, 5.41) is 6.67. The third kappa shape index (κ3) is 5.56. The van der Waals surface area contributed by atoms with E-state index in [4.69, 9.17) is 10.2 Å². The molecule has 2 heterocycles. The fraction of sp³-hybridized carbons (Fsp3) is 0.450. The number of carbonyl (C=O) groups is 1. The zero-order valence-electron chi connectivity index (χ0n) is 16.4. The van der Waals surface area contributed by atoms with Gasteiger partial charge in [0, 0.05) is 31.7 Å². The molecule has 0 saturated carbocycles. The van der Waals surface area contributed by atoms with Crippen molar-refractivity contribution in [1.29, 1.82) is 0 Å². The number of aliphatic imine (C=N–C) groups is 1. The SMILES string of the molecule is CN=C(NCc1ncc(-c2ccc(C)cc2)o1)NC1CCN(CC(N)=O)CC1. The summed E-state index contributed by atoms with van der Waals surface area (Å²) in [7, 11) is 1.74. The van der Waals surface area contributed by atoms with Crippen LogP contribution in [-0.4, -0.2) is 54.5 Å². The molecule has 0 bridgehead atoms. The second-order valence-electron chi connectivity index (χ2n) is 7.07. The first-order valence-corrected chi connectivity index (χ1v) is 9.53. The summed E-state index contributed by atoms with van der Waals surface area (Å²) in [6.45, 7) is 4.52. The number of nitrogens with two attached hydrogens (primary N) is 1. The Hall–Kier alpha value is -2.87. The van der Waals surface area contributed by atoms with E-state index in [1.165, 1.54) is 5.56 Å². The van der Waals surface area contributed by atoms with Crippen molar-refractivity contribution >= 4 is 11.9 Å². The minimum absolute atomic E-state index is 0.278. The number of benzene rings is 1. The van der Waals surface area contributed by atoms with Crippen LogP contribution in [0.15, 0.2) is 39.9 Å². The van der Waals surface area contributed by atoms with E-state index in [9.17, 15) is 4.79 Å². The molecule has 2 aromatic rings. The number of nitrogens with zero attached hydrogens (tertiary/aromatic N) is 3. The second kappa shape index (κ2) is 9.36. The number of guanidine groups is 1. The van der Waals surface area contributed by atoms with Crippen LogP contribution in [0.2, 0.25) is 0 Å². The zero-order valence-corrected chi connectivity index (χ0v) is 16.4. The van der Waals surface area contributed by atoms with Crippen LogP contribution in [-0.2, 0) is 11.3 Å². The lowest BCUT2D eigenvalue weighted by molar-refractivity contribution is -0.119. The van der Waals surface area contributed by atoms with E-state index in [2.05, 4.69) is 44.6 Å². The van der Waals surface area contributed by atoms with Gasteiger partial charge in [-0.25, -0.2) is 4.98 Å². The van der Waals surface area contributed by atoms with Gasteiger partial charge in [-0.3, -0.25) is 14.7 Å². The van der Waals surface area contributed by atoms with Crippen LogP contribution in [0.4, 0.5) is 0 Å². The van der Waals surface area contributed by atoms with Gasteiger partial charge >= 0.3 is 0 Å². The van der Waals surface area contributed by atoms with E-state index >= 15 is 0 Å². The Bertz CT molecular complexity index is 806. The number of hydrogen-bond donors (Lipinski definition) is 3. The smallest absolute Gasteiger partial charge is 0.231 e. The van der Waals surface area contributed by atoms with Crippen LogP contribution in [0.25, 0.3) is 11.3 Å². The van der Waals surface area contributed by atoms with Gasteiger partial charge in [-0.2, -0.15) is 0 Å². The summed E-state index contributed by atoms with van der Waals surface area (Å²) in [6.07, 6.45) is 3.61. The normalized spacial score (nSPS) is 16.1. The molecule has 0 unspecified atom stereocenters. The highest BCUT2D eigenvalue weighted by atomic mass is 16.4. The molecule has 150 valence electrons. The molecule has 0 radical (unpaired) electrons. The Labute approximate surface area is 165 Å². The molecular weight excluding hydrogens is 356 g/mol. The lowest BCUT2D eigenvalue weighted by Crippen LogP contribution is -2.49. The number of piperidine rings is 1. The van der Waals surface area contributed by atoms with Crippen LogP contribution < -0.4 is 16.4 Å². The standard InChI is InChI=1S/C20H28N6O2/c1-14-3-5-15(6-4-14)17-11-23-19(28-17)12-24-20(22-2)25-16-7-9-26(10-8-16)13-18(21)27/h3-6,11,16H,7-10,12-13H2,1-2H3,(H2,21,27)(H2,22,24,25). The fourth-order valence-corrected chi connectivity index (χ4v) is 3.25. The largest absolute Gasteiger partial charge is 0.439 e. The van der Waals surface area contributed by atoms with Gasteiger partial charge in [-0.1, -0.05) is 29.8 Å². The molecule has 1 amide bonds. The predicted octanol–water partition coefficient (Wildman–Crippen LogP) is 1.26. The van der Waals surface area contributed by atoms with Gasteiger partial charge < -0.3 is 20.8 Å². The van der Waals surface area contributed by atoms with Gasteiger partial charge in [0.15, 0.2) is 11.7 Å². The number of carbonyl (C=O) groups excluding carboxylic acids is 1. The first-order chi connectivity index (χ1) is 13.5. The maximum Gasteiger partial charge on any atom is 0.231 e. The minimum atomic E-state index is -0.278. The maximum atomic E-state index is 11.0. The molecule has 1 aromatic carbocycles. The van der Waals surface area contributed by atoms with E-state index in [1.54, 1.807) is 13.2 Å². The Kier molecular flexibility index (Phi) is 6.65. The van der Waals surface area contributed by atoms with Gasteiger partial charge in [0.05, 0.1) is 19.3 Å². The summed E-state index contributed by atoms with van der Waals surface area (Å²) in [4.78, 5) is 21.7. The van der Waals surface area contributed by atoms with Crippen LogP contribution in [0.3, 0.4) is 0 Å². The van der Waals surface area contributed by atoms with Gasteiger partial charge in [-0.05, 0) is 19.8 Å². The van der Waals surface area contributed by atoms with E-state index in [1.807, 2.05) is 12.1 Å². The van der Waals surface area contributed by atoms with Crippen LogP contribution >= 0.6 is 0 Å². The summed E-state index contributed by atoms with van der Waals surface area (Å²) in [5.41, 5.74) is 7.48. The number of aryl methyl sites for hydroxylation is 1. The summed E-state index contributed by atoms with van der Waals surface area (Å²) >= 11 is 0. The zero-order chi connectivity index (χ0) is 19.9. The Balaban J connectivity index is 1.47. The maximum absolute atomic E-state index is 11.0. The number of hydrogen-bond acceptors (Lipinski definition) is 5. The van der Waals surface area contributed by atoms with E-state index < -0.39 is 0 Å². The monoisotopic (exact) mass is 384 g/mol. The van der Waals surface area contributed by atoms with Gasteiger partial charge in [0.25, 0.3) is 0 Å². The highest BCUT2D eigenvalue weighted by Crippen LogP contribution is 2.20. The van der Waals surface area contributed by atoms with Crippen LogP contribution in [0.5, 0.6) is 0 Å². The first kappa shape index (κ1) is 19.9. The molecule has 8 heteroatoms. The van der Waals surface area contributed by atoms with Crippen molar-refractivity contribution in [3.05, 3.63) is 41.9 Å². The van der Waals surface area contributed by atoms with Crippen molar-refractivity contribution in [2.24, 2.45) is 10.7 Å². The first-order valence-electron chi connectivity index (χ1n) is 9.53. The third-order valence-electron chi connectivity index (χ3n) is 4.83. The second-order valence-corrected chi connectivity index (χ2v) is 7.07. The molecule has 3 rings (SSSR count). The lowest BCUT2D eigenvalue weighted by atomic mass is 10.1. The van der Waals surface area contributed by atoms with Crippen molar-refractivity contribution in [3.63, 3.8) is 0 Å². The molecule has 1 aliphatic heterocycles. The number of nitrogens with one attached hydrogen (secondary N) is 2. The molecule has 1 fully saturated rings. The van der Waals surface area contributed by atoms with E-state index in [0.717, 1.165) is 37.3 Å². The Morgan fingerprint density at radius 3 is 2.68 bits per heavy atom. The topological polar surface area (TPSA) is 109 Å². The van der Waals surface area contributed by atoms with E-state index in [-0.39, 0.29) is 5.91 Å². The molecule has 0 aliphatic carbocycles. The molecule has 1 saturated heterocycles. The Morgan fingerprint density at radius 1 is 1.32 bits per heavy atom. The van der Waals surface area contributed by atoms with Crippen molar-refractivity contribution in [1.82, 2.24) is 20.5 Å². The van der Waals surface area contributed by atoms with Gasteiger partial charge in [-0.15, -0.1) is 0 Å². The Morgan fingerprint density at radius 2 is 2.04 bits per heavy atom. The van der Waals surface area contributed by atoms with Crippen molar-refractivity contribution in [2.45, 2.75) is 32.4 Å². The molecule has 0 spiro atoms. The fourth-order valence-electron chi connectivity index (χ4n) is 3.25. The van der Waals surface area contributed by atoms with Crippen LogP contribution in [0, 0.1) is 6.92 Å². The third-order valence-corrected chi connectivity index (χ3v) is 4.83. The molecule has 1 aromatic heterocycles. The van der Waals surface area contributed by atoms with Gasteiger partial charge in [0.1, 0.15) is 0 Å². The molecule has 28 heavy (non-hydrogen) atoms. The number of amides is 1. The van der Waals surface area contributed by atoms with E-state index in [0.29, 0.717) is 31.0 Å². The summed E-state index contributed by atoms with van der Waals surface area (Å²) < 4.78 is 5.84. The van der Waals surface area contributed by atoms with Crippen molar-refractivity contribution in [2.75, 3.05) is 26.7 Å². The predicted molar refractivity (Wildman–Crippen MR) is 109 cm³/mol. The lowest BCUT2D eigenvalue weighted by Gasteiger charge is -2.32. The molecular formula is C20H28N6O2. The summed E-state index contributed by atoms with van der Waals surface area (Å²) in [5.74, 6) is 1.79. The van der Waals surface area contributed by atoms with Crippen molar-refractivity contribution in [3.8, 4) is 11.3 Å². The number of oxazole rings is 1. The highest BCUT2D eigenvalue weighted by molar-refractivity contribution is 5.80. The quantitative estimate of drug-likeness (QED) is 0.511. The summed E-state index contributed by atoms with van der Waals surface area (Å²) in [6, 6.07) is 8.46. The number of rotatable bonds is 6. The van der Waals surface area contributed by atoms with Crippen LogP contribution in [0.1, 0.15) is 24.3 Å². The molecule has 1 aliphatic rings. The average molecular weight is 384 g/mol. The molecule has 0 atom stereocenters. The van der Waals surface area contributed by atoms with Gasteiger partial charge in [0.2, 0.25) is 11.8 Å². The molecule has 4 N–H and O–H groups in total. The van der Waals surface area contributed by atoms with Crippen molar-refractivity contribution < 1.29 is 9.21 Å². The number of likely N-dealkylation sites (tertiary alicyclic amines) is 1. The average Bonchev–Trinajstić information content (AvgIpc) is 3.15. The molecule has 8 nitrogen and oxygen atoms in total. The minimum Gasteiger partial charge on any atom is -0.439 e. The number of primary amides is 1. The highest BCUT2D eigenvalue weighted by Gasteiger charge is 2.21.